The first-order valence-corrected chi connectivity index (χ1v) is 10.7. The maximum atomic E-state index is 6.55. The molecule has 0 aliphatic heterocycles. The highest BCUT2D eigenvalue weighted by Crippen LogP contribution is 2.34. The molecule has 4 rings (SSSR count). The largest absolute Gasteiger partial charge is 0.398 e. The first-order valence-electron chi connectivity index (χ1n) is 9.92. The van der Waals surface area contributed by atoms with Crippen LogP contribution in [0.5, 0.6) is 0 Å². The van der Waals surface area contributed by atoms with Gasteiger partial charge in [0.25, 0.3) is 0 Å². The predicted molar refractivity (Wildman–Crippen MR) is 126 cm³/mol. The molecule has 0 bridgehead atoms. The number of anilines is 1. The van der Waals surface area contributed by atoms with E-state index in [1.807, 2.05) is 36.5 Å². The van der Waals surface area contributed by atoms with Gasteiger partial charge in [-0.25, -0.2) is 4.98 Å². The molecule has 0 saturated heterocycles. The predicted octanol–water partition coefficient (Wildman–Crippen LogP) is 6.30. The first kappa shape index (κ1) is 20.7. The number of nitrogen functional groups attached to an aromatic ring is 1. The van der Waals surface area contributed by atoms with Crippen molar-refractivity contribution >= 4 is 34.5 Å². The van der Waals surface area contributed by atoms with Crippen LogP contribution in [0.2, 0.25) is 10.0 Å². The Hall–Kier alpha value is -2.53. The number of fused-ring (bicyclic) bond motifs is 1. The summed E-state index contributed by atoms with van der Waals surface area (Å²) >= 11 is 12.7. The fourth-order valence-electron chi connectivity index (χ4n) is 3.59. The smallest absolute Gasteiger partial charge is 0.137 e. The van der Waals surface area contributed by atoms with Crippen molar-refractivity contribution in [3.05, 3.63) is 88.2 Å². The topological polar surface area (TPSA) is 46.6 Å². The van der Waals surface area contributed by atoms with Gasteiger partial charge >= 0.3 is 0 Å². The van der Waals surface area contributed by atoms with E-state index in [1.54, 1.807) is 6.07 Å². The van der Waals surface area contributed by atoms with E-state index < -0.39 is 0 Å². The Kier molecular flexibility index (Phi) is 6.00. The number of halogens is 2. The van der Waals surface area contributed by atoms with Gasteiger partial charge in [-0.15, -0.1) is 0 Å². The summed E-state index contributed by atoms with van der Waals surface area (Å²) in [5.74, 6) is 0. The summed E-state index contributed by atoms with van der Waals surface area (Å²) in [7, 11) is 0. The van der Waals surface area contributed by atoms with Crippen molar-refractivity contribution in [3.8, 4) is 11.3 Å². The Balaban J connectivity index is 1.82. The minimum atomic E-state index is 0.338. The molecule has 2 N–H and O–H groups in total. The van der Waals surface area contributed by atoms with E-state index in [2.05, 4.69) is 47.4 Å². The van der Waals surface area contributed by atoms with Crippen molar-refractivity contribution in [3.63, 3.8) is 0 Å². The lowest BCUT2D eigenvalue weighted by Crippen LogP contribution is -2.30. The lowest BCUT2D eigenvalue weighted by atomic mass is 10.1. The molecule has 154 valence electrons. The molecule has 0 saturated carbocycles. The van der Waals surface area contributed by atoms with Crippen molar-refractivity contribution in [1.82, 2.24) is 14.3 Å². The lowest BCUT2D eigenvalue weighted by molar-refractivity contribution is 0.201. The van der Waals surface area contributed by atoms with Gasteiger partial charge in [-0.3, -0.25) is 4.90 Å². The minimum Gasteiger partial charge on any atom is -0.398 e. The van der Waals surface area contributed by atoms with Crippen LogP contribution in [0.4, 0.5) is 5.69 Å². The molecular formula is C24H24Cl2N4. The molecule has 4 nitrogen and oxygen atoms in total. The Morgan fingerprint density at radius 3 is 2.47 bits per heavy atom. The summed E-state index contributed by atoms with van der Waals surface area (Å²) in [6.07, 6.45) is 1.92. The Labute approximate surface area is 186 Å². The molecule has 2 aromatic heterocycles. The van der Waals surface area contributed by atoms with Crippen molar-refractivity contribution in [1.29, 1.82) is 0 Å². The highest BCUT2D eigenvalue weighted by molar-refractivity contribution is 6.36. The second kappa shape index (κ2) is 8.68. The molecule has 6 heteroatoms. The SMILES string of the molecule is CC(C)N(Cc1ccccc1)Cc1c(-c2ccc(Cl)cc2Cl)nc2ccc(N)cn12. The zero-order valence-corrected chi connectivity index (χ0v) is 18.5. The van der Waals surface area contributed by atoms with Crippen LogP contribution >= 0.6 is 23.2 Å². The van der Waals surface area contributed by atoms with E-state index in [-0.39, 0.29) is 0 Å². The molecule has 0 aliphatic carbocycles. The molecule has 0 fully saturated rings. The second-order valence-corrected chi connectivity index (χ2v) is 8.55. The monoisotopic (exact) mass is 438 g/mol. The number of hydrogen-bond acceptors (Lipinski definition) is 3. The van der Waals surface area contributed by atoms with E-state index in [0.29, 0.717) is 28.3 Å². The Morgan fingerprint density at radius 2 is 1.77 bits per heavy atom. The number of nitrogens with zero attached hydrogens (tertiary/aromatic N) is 3. The van der Waals surface area contributed by atoms with Gasteiger partial charge in [0.1, 0.15) is 5.65 Å². The summed E-state index contributed by atoms with van der Waals surface area (Å²) in [4.78, 5) is 7.30. The molecule has 30 heavy (non-hydrogen) atoms. The molecule has 2 aromatic carbocycles. The fraction of sp³-hybridized carbons (Fsp3) is 0.208. The third-order valence-corrected chi connectivity index (χ3v) is 5.79. The van der Waals surface area contributed by atoms with Crippen LogP contribution in [-0.2, 0) is 13.1 Å². The van der Waals surface area contributed by atoms with Gasteiger partial charge in [0.2, 0.25) is 0 Å². The van der Waals surface area contributed by atoms with Gasteiger partial charge in [0.15, 0.2) is 0 Å². The van der Waals surface area contributed by atoms with Gasteiger partial charge in [0.05, 0.1) is 16.4 Å². The number of pyridine rings is 1. The van der Waals surface area contributed by atoms with Crippen LogP contribution in [0.25, 0.3) is 16.9 Å². The molecule has 2 heterocycles. The summed E-state index contributed by atoms with van der Waals surface area (Å²) in [6, 6.07) is 20.1. The summed E-state index contributed by atoms with van der Waals surface area (Å²) in [6.45, 7) is 5.94. The third-order valence-electron chi connectivity index (χ3n) is 5.24. The highest BCUT2D eigenvalue weighted by atomic mass is 35.5. The molecule has 0 radical (unpaired) electrons. The number of aromatic nitrogens is 2. The maximum absolute atomic E-state index is 6.55. The standard InChI is InChI=1S/C24H24Cl2N4/c1-16(2)29(13-17-6-4-3-5-7-17)15-22-24(20-10-8-18(25)12-21(20)26)28-23-11-9-19(27)14-30(22)23/h3-12,14,16H,13,15,27H2,1-2H3. The third kappa shape index (κ3) is 4.31. The highest BCUT2D eigenvalue weighted by Gasteiger charge is 2.21. The van der Waals surface area contributed by atoms with Gasteiger partial charge in [0, 0.05) is 41.6 Å². The van der Waals surface area contributed by atoms with Gasteiger partial charge in [-0.1, -0.05) is 53.5 Å². The van der Waals surface area contributed by atoms with Crippen molar-refractivity contribution < 1.29 is 0 Å². The van der Waals surface area contributed by atoms with E-state index in [0.717, 1.165) is 29.1 Å². The maximum Gasteiger partial charge on any atom is 0.137 e. The Bertz CT molecular complexity index is 1170. The molecule has 0 spiro atoms. The van der Waals surface area contributed by atoms with Crippen LogP contribution in [0.15, 0.2) is 66.9 Å². The number of hydrogen-bond donors (Lipinski definition) is 1. The van der Waals surface area contributed by atoms with E-state index in [4.69, 9.17) is 33.9 Å². The number of imidazole rings is 1. The summed E-state index contributed by atoms with van der Waals surface area (Å²) in [5, 5.41) is 1.19. The number of nitrogens with two attached hydrogens (primary N) is 1. The quantitative estimate of drug-likeness (QED) is 0.384. The minimum absolute atomic E-state index is 0.338. The molecule has 0 atom stereocenters. The van der Waals surface area contributed by atoms with Crippen molar-refractivity contribution in [2.75, 3.05) is 5.73 Å². The lowest BCUT2D eigenvalue weighted by Gasteiger charge is -2.27. The molecule has 0 aliphatic rings. The van der Waals surface area contributed by atoms with Crippen molar-refractivity contribution in [2.45, 2.75) is 33.0 Å². The van der Waals surface area contributed by atoms with Crippen LogP contribution < -0.4 is 5.73 Å². The average Bonchev–Trinajstić information content (AvgIpc) is 3.05. The second-order valence-electron chi connectivity index (χ2n) is 7.71. The van der Waals surface area contributed by atoms with Crippen LogP contribution in [0, 0.1) is 0 Å². The van der Waals surface area contributed by atoms with Gasteiger partial charge < -0.3 is 10.1 Å². The van der Waals surface area contributed by atoms with Crippen LogP contribution in [-0.4, -0.2) is 20.3 Å². The summed E-state index contributed by atoms with van der Waals surface area (Å²) < 4.78 is 2.07. The van der Waals surface area contributed by atoms with E-state index >= 15 is 0 Å². The van der Waals surface area contributed by atoms with Crippen LogP contribution in [0.1, 0.15) is 25.1 Å². The number of rotatable bonds is 6. The Morgan fingerprint density at radius 1 is 1.00 bits per heavy atom. The molecule has 0 unspecified atom stereocenters. The van der Waals surface area contributed by atoms with Gasteiger partial charge in [-0.05, 0) is 49.7 Å². The van der Waals surface area contributed by atoms with E-state index in [9.17, 15) is 0 Å². The average molecular weight is 439 g/mol. The van der Waals surface area contributed by atoms with Gasteiger partial charge in [-0.2, -0.15) is 0 Å². The normalized spacial score (nSPS) is 11.7. The van der Waals surface area contributed by atoms with Crippen LogP contribution in [0.3, 0.4) is 0 Å². The first-order chi connectivity index (χ1) is 14.4. The number of benzene rings is 2. The van der Waals surface area contributed by atoms with Crippen molar-refractivity contribution in [2.24, 2.45) is 0 Å². The molecular weight excluding hydrogens is 415 g/mol. The molecule has 0 amide bonds. The zero-order valence-electron chi connectivity index (χ0n) is 17.0. The molecule has 4 aromatic rings. The fourth-order valence-corrected chi connectivity index (χ4v) is 4.09. The van der Waals surface area contributed by atoms with E-state index in [1.165, 1.54) is 5.56 Å². The zero-order chi connectivity index (χ0) is 21.3. The summed E-state index contributed by atoms with van der Waals surface area (Å²) in [5.41, 5.74) is 11.7.